The van der Waals surface area contributed by atoms with Gasteiger partial charge in [-0.3, -0.25) is 25.2 Å². The molecule has 2 rings (SSSR count). The Hall–Kier alpha value is -2.47. The molecule has 2 amide bonds. The minimum atomic E-state index is -0.452. The van der Waals surface area contributed by atoms with Gasteiger partial charge in [-0.25, -0.2) is 0 Å². The van der Waals surface area contributed by atoms with Crippen LogP contribution in [0.5, 0.6) is 0 Å². The highest BCUT2D eigenvalue weighted by Gasteiger charge is 2.12. The predicted molar refractivity (Wildman–Crippen MR) is 75.7 cm³/mol. The van der Waals surface area contributed by atoms with Crippen LogP contribution in [0.1, 0.15) is 36.6 Å². The highest BCUT2D eigenvalue weighted by Crippen LogP contribution is 2.16. The monoisotopic (exact) mass is 288 g/mol. The molecule has 1 aromatic carbocycles. The number of hydrazine groups is 1. The smallest absolute Gasteiger partial charge is 0.279 e. The van der Waals surface area contributed by atoms with E-state index in [1.165, 1.54) is 6.92 Å². The van der Waals surface area contributed by atoms with Crippen LogP contribution in [0.2, 0.25) is 0 Å². The van der Waals surface area contributed by atoms with E-state index in [1.54, 1.807) is 42.5 Å². The first-order valence-corrected chi connectivity index (χ1v) is 6.66. The van der Waals surface area contributed by atoms with Crippen molar-refractivity contribution in [3.63, 3.8) is 0 Å². The van der Waals surface area contributed by atoms with Crippen LogP contribution >= 0.6 is 11.3 Å². The van der Waals surface area contributed by atoms with Crippen LogP contribution in [0.3, 0.4) is 0 Å². The minimum absolute atomic E-state index is 0.0950. The van der Waals surface area contributed by atoms with Gasteiger partial charge in [0.05, 0.1) is 9.75 Å². The molecule has 0 saturated carbocycles. The molecule has 20 heavy (non-hydrogen) atoms. The highest BCUT2D eigenvalue weighted by molar-refractivity contribution is 7.15. The summed E-state index contributed by atoms with van der Waals surface area (Å²) >= 11 is 1.08. The Morgan fingerprint density at radius 1 is 0.850 bits per heavy atom. The normalized spacial score (nSPS) is 9.85. The fourth-order valence-electron chi connectivity index (χ4n) is 1.49. The second-order valence-corrected chi connectivity index (χ2v) is 5.08. The van der Waals surface area contributed by atoms with Crippen LogP contribution in [0, 0.1) is 0 Å². The molecule has 0 aliphatic heterocycles. The first kappa shape index (κ1) is 14.0. The number of rotatable bonds is 3. The lowest BCUT2D eigenvalue weighted by atomic mass is 10.2. The standard InChI is InChI=1S/C14H12N2O3S/c1-9(17)11-7-8-12(20-11)14(19)16-15-13(18)10-5-3-2-4-6-10/h2-8H,1H3,(H,15,18)(H,16,19). The molecule has 5 nitrogen and oxygen atoms in total. The summed E-state index contributed by atoms with van der Waals surface area (Å²) in [6, 6.07) is 11.7. The summed E-state index contributed by atoms with van der Waals surface area (Å²) in [5.41, 5.74) is 5.08. The summed E-state index contributed by atoms with van der Waals surface area (Å²) in [5, 5.41) is 0. The molecule has 0 atom stereocenters. The summed E-state index contributed by atoms with van der Waals surface area (Å²) in [4.78, 5) is 35.5. The molecule has 2 aromatic rings. The van der Waals surface area contributed by atoms with Gasteiger partial charge in [-0.05, 0) is 31.2 Å². The van der Waals surface area contributed by atoms with Gasteiger partial charge in [0, 0.05) is 5.56 Å². The van der Waals surface area contributed by atoms with Crippen LogP contribution in [0.15, 0.2) is 42.5 Å². The molecular formula is C14H12N2O3S. The van der Waals surface area contributed by atoms with Gasteiger partial charge in [0.25, 0.3) is 11.8 Å². The van der Waals surface area contributed by atoms with E-state index < -0.39 is 11.8 Å². The average molecular weight is 288 g/mol. The van der Waals surface area contributed by atoms with Gasteiger partial charge in [-0.2, -0.15) is 0 Å². The third-order valence-electron chi connectivity index (χ3n) is 2.50. The SMILES string of the molecule is CC(=O)c1ccc(C(=O)NNC(=O)c2ccccc2)s1. The Bertz CT molecular complexity index is 649. The van der Waals surface area contributed by atoms with Gasteiger partial charge in [-0.1, -0.05) is 18.2 Å². The molecule has 0 fully saturated rings. The van der Waals surface area contributed by atoms with Crippen molar-refractivity contribution in [1.82, 2.24) is 10.9 Å². The maximum atomic E-state index is 11.8. The zero-order valence-corrected chi connectivity index (χ0v) is 11.5. The van der Waals surface area contributed by atoms with E-state index in [2.05, 4.69) is 10.9 Å². The van der Waals surface area contributed by atoms with Crippen molar-refractivity contribution in [2.45, 2.75) is 6.92 Å². The Morgan fingerprint density at radius 2 is 1.45 bits per heavy atom. The molecule has 6 heteroatoms. The van der Waals surface area contributed by atoms with E-state index in [4.69, 9.17) is 0 Å². The van der Waals surface area contributed by atoms with Crippen molar-refractivity contribution in [3.05, 3.63) is 57.8 Å². The molecule has 0 spiro atoms. The van der Waals surface area contributed by atoms with E-state index in [9.17, 15) is 14.4 Å². The van der Waals surface area contributed by atoms with Gasteiger partial charge >= 0.3 is 0 Å². The lowest BCUT2D eigenvalue weighted by molar-refractivity contribution is 0.0849. The van der Waals surface area contributed by atoms with E-state index in [-0.39, 0.29) is 5.78 Å². The number of benzene rings is 1. The Balaban J connectivity index is 1.95. The number of amides is 2. The van der Waals surface area contributed by atoms with Gasteiger partial charge in [0.1, 0.15) is 0 Å². The predicted octanol–water partition coefficient (Wildman–Crippen LogP) is 2.03. The quantitative estimate of drug-likeness (QED) is 0.670. The van der Waals surface area contributed by atoms with Crippen molar-refractivity contribution in [2.24, 2.45) is 0 Å². The summed E-state index contributed by atoms with van der Waals surface area (Å²) < 4.78 is 0. The molecular weight excluding hydrogens is 276 g/mol. The van der Waals surface area contributed by atoms with Crippen molar-refractivity contribution < 1.29 is 14.4 Å². The van der Waals surface area contributed by atoms with Gasteiger partial charge < -0.3 is 0 Å². The summed E-state index contributed by atoms with van der Waals surface area (Å²) in [6.45, 7) is 1.44. The molecule has 0 radical (unpaired) electrons. The molecule has 1 heterocycles. The van der Waals surface area contributed by atoms with Crippen molar-refractivity contribution in [1.29, 1.82) is 0 Å². The van der Waals surface area contributed by atoms with Gasteiger partial charge in [-0.15, -0.1) is 11.3 Å². The number of carbonyl (C=O) groups excluding carboxylic acids is 3. The van der Waals surface area contributed by atoms with E-state index in [0.717, 1.165) is 11.3 Å². The summed E-state index contributed by atoms with van der Waals surface area (Å²) in [6.07, 6.45) is 0. The van der Waals surface area contributed by atoms with E-state index in [1.807, 2.05) is 0 Å². The van der Waals surface area contributed by atoms with Crippen LogP contribution < -0.4 is 10.9 Å². The third-order valence-corrected chi connectivity index (χ3v) is 3.69. The number of thiophene rings is 1. The molecule has 0 aliphatic rings. The Morgan fingerprint density at radius 3 is 2.05 bits per heavy atom. The fourth-order valence-corrected chi connectivity index (χ4v) is 2.28. The first-order valence-electron chi connectivity index (χ1n) is 5.84. The second kappa shape index (κ2) is 6.12. The van der Waals surface area contributed by atoms with Crippen molar-refractivity contribution in [3.8, 4) is 0 Å². The van der Waals surface area contributed by atoms with Crippen LogP contribution in [-0.4, -0.2) is 17.6 Å². The van der Waals surface area contributed by atoms with Gasteiger partial charge in [0.15, 0.2) is 5.78 Å². The maximum absolute atomic E-state index is 11.8. The number of nitrogens with one attached hydrogen (secondary N) is 2. The van der Waals surface area contributed by atoms with Crippen molar-refractivity contribution in [2.75, 3.05) is 0 Å². The summed E-state index contributed by atoms with van der Waals surface area (Å²) in [7, 11) is 0. The number of Topliss-reactive ketones (excluding diaryl/α,β-unsaturated/α-hetero) is 1. The number of carbonyl (C=O) groups is 3. The summed E-state index contributed by atoms with van der Waals surface area (Å²) in [5.74, 6) is -0.948. The lowest BCUT2D eigenvalue weighted by Gasteiger charge is -2.05. The first-order chi connectivity index (χ1) is 9.58. The van der Waals surface area contributed by atoms with Crippen LogP contribution in [0.25, 0.3) is 0 Å². The second-order valence-electron chi connectivity index (χ2n) is 3.99. The van der Waals surface area contributed by atoms with E-state index >= 15 is 0 Å². The third kappa shape index (κ3) is 3.30. The highest BCUT2D eigenvalue weighted by atomic mass is 32.1. The molecule has 1 aromatic heterocycles. The molecule has 0 saturated heterocycles. The van der Waals surface area contributed by atoms with Gasteiger partial charge in [0.2, 0.25) is 0 Å². The average Bonchev–Trinajstić information content (AvgIpc) is 2.95. The minimum Gasteiger partial charge on any atom is -0.294 e. The molecule has 102 valence electrons. The molecule has 0 unspecified atom stereocenters. The maximum Gasteiger partial charge on any atom is 0.279 e. The zero-order chi connectivity index (χ0) is 14.5. The number of hydrogen-bond acceptors (Lipinski definition) is 4. The van der Waals surface area contributed by atoms with Crippen molar-refractivity contribution >= 4 is 28.9 Å². The largest absolute Gasteiger partial charge is 0.294 e. The van der Waals surface area contributed by atoms with E-state index in [0.29, 0.717) is 15.3 Å². The number of ketones is 1. The fraction of sp³-hybridized carbons (Fsp3) is 0.0714. The molecule has 2 N–H and O–H groups in total. The lowest BCUT2D eigenvalue weighted by Crippen LogP contribution is -2.41. The number of hydrogen-bond donors (Lipinski definition) is 2. The molecule has 0 bridgehead atoms. The Labute approximate surface area is 119 Å². The van der Waals surface area contributed by atoms with Crippen LogP contribution in [0.4, 0.5) is 0 Å². The molecule has 0 aliphatic carbocycles. The Kier molecular flexibility index (Phi) is 4.27. The zero-order valence-electron chi connectivity index (χ0n) is 10.7. The van der Waals surface area contributed by atoms with Crippen LogP contribution in [-0.2, 0) is 0 Å². The topological polar surface area (TPSA) is 75.3 Å².